The van der Waals surface area contributed by atoms with Crippen molar-refractivity contribution in [3.63, 3.8) is 0 Å². The summed E-state index contributed by atoms with van der Waals surface area (Å²) in [5.41, 5.74) is 5.21. The molecule has 0 aromatic rings. The summed E-state index contributed by atoms with van der Waals surface area (Å²) in [7, 11) is 0. The molecule has 0 radical (unpaired) electrons. The number of hydrogen-bond donors (Lipinski definition) is 2. The van der Waals surface area contributed by atoms with Crippen LogP contribution < -0.4 is 11.1 Å². The first-order valence-corrected chi connectivity index (χ1v) is 5.07. The maximum atomic E-state index is 11.2. The number of nitrogens with one attached hydrogen (secondary N) is 1. The number of rotatable bonds is 6. The standard InChI is InChI=1S/C9H18N2O4/c10-1-2-13-7-9(12)11-5-8-6-14-3-4-15-8/h8H,1-7,10H2,(H,11,12). The van der Waals surface area contributed by atoms with Crippen molar-refractivity contribution in [2.45, 2.75) is 6.10 Å². The first kappa shape index (κ1) is 12.4. The number of carbonyl (C=O) groups excluding carboxylic acids is 1. The van der Waals surface area contributed by atoms with Gasteiger partial charge in [-0.15, -0.1) is 0 Å². The quantitative estimate of drug-likeness (QED) is 0.530. The van der Waals surface area contributed by atoms with E-state index < -0.39 is 0 Å². The van der Waals surface area contributed by atoms with Crippen molar-refractivity contribution in [2.75, 3.05) is 46.1 Å². The first-order valence-electron chi connectivity index (χ1n) is 5.07. The maximum Gasteiger partial charge on any atom is 0.246 e. The van der Waals surface area contributed by atoms with Gasteiger partial charge in [0.05, 0.1) is 32.5 Å². The molecule has 3 N–H and O–H groups in total. The predicted molar refractivity (Wildman–Crippen MR) is 53.4 cm³/mol. The van der Waals surface area contributed by atoms with Gasteiger partial charge in [-0.1, -0.05) is 0 Å². The van der Waals surface area contributed by atoms with E-state index in [1.807, 2.05) is 0 Å². The third kappa shape index (κ3) is 5.68. The van der Waals surface area contributed by atoms with E-state index in [0.717, 1.165) is 0 Å². The molecule has 1 aliphatic rings. The van der Waals surface area contributed by atoms with Gasteiger partial charge >= 0.3 is 0 Å². The third-order valence-corrected chi connectivity index (χ3v) is 1.91. The topological polar surface area (TPSA) is 82.8 Å². The fourth-order valence-electron chi connectivity index (χ4n) is 1.18. The molecule has 0 aliphatic carbocycles. The molecule has 1 heterocycles. The first-order chi connectivity index (χ1) is 7.33. The fourth-order valence-corrected chi connectivity index (χ4v) is 1.18. The van der Waals surface area contributed by atoms with Crippen molar-refractivity contribution in [3.05, 3.63) is 0 Å². The summed E-state index contributed by atoms with van der Waals surface area (Å²) in [6.07, 6.45) is -0.0443. The fraction of sp³-hybridized carbons (Fsp3) is 0.889. The van der Waals surface area contributed by atoms with Crippen molar-refractivity contribution < 1.29 is 19.0 Å². The molecule has 0 aromatic heterocycles. The van der Waals surface area contributed by atoms with Gasteiger partial charge in [0.25, 0.3) is 0 Å². The molecule has 6 nitrogen and oxygen atoms in total. The molecule has 1 saturated heterocycles. The van der Waals surface area contributed by atoms with E-state index >= 15 is 0 Å². The van der Waals surface area contributed by atoms with Gasteiger partial charge in [0.2, 0.25) is 5.91 Å². The van der Waals surface area contributed by atoms with Crippen LogP contribution in [0.1, 0.15) is 0 Å². The van der Waals surface area contributed by atoms with E-state index in [2.05, 4.69) is 5.32 Å². The molecule has 1 unspecified atom stereocenters. The summed E-state index contributed by atoms with van der Waals surface area (Å²) in [5.74, 6) is -0.155. The largest absolute Gasteiger partial charge is 0.376 e. The van der Waals surface area contributed by atoms with Crippen LogP contribution in [-0.4, -0.2) is 58.1 Å². The minimum atomic E-state index is -0.155. The van der Waals surface area contributed by atoms with Crippen LogP contribution in [0.4, 0.5) is 0 Å². The zero-order valence-electron chi connectivity index (χ0n) is 8.74. The normalized spacial score (nSPS) is 21.3. The highest BCUT2D eigenvalue weighted by Crippen LogP contribution is 1.98. The SMILES string of the molecule is NCCOCC(=O)NCC1COCCO1. The minimum Gasteiger partial charge on any atom is -0.376 e. The maximum absolute atomic E-state index is 11.2. The van der Waals surface area contributed by atoms with Gasteiger partial charge in [0.15, 0.2) is 0 Å². The number of ether oxygens (including phenoxy) is 3. The Kier molecular flexibility index (Phi) is 6.26. The summed E-state index contributed by atoms with van der Waals surface area (Å²) in [6, 6.07) is 0. The average Bonchev–Trinajstić information content (AvgIpc) is 2.28. The highest BCUT2D eigenvalue weighted by Gasteiger charge is 2.14. The Bertz CT molecular complexity index is 183. The molecule has 88 valence electrons. The van der Waals surface area contributed by atoms with Crippen molar-refractivity contribution in [1.82, 2.24) is 5.32 Å². The Morgan fingerprint density at radius 3 is 3.07 bits per heavy atom. The second kappa shape index (κ2) is 7.58. The molecule has 0 bridgehead atoms. The van der Waals surface area contributed by atoms with Gasteiger partial charge in [0.1, 0.15) is 6.61 Å². The van der Waals surface area contributed by atoms with Gasteiger partial charge in [-0.2, -0.15) is 0 Å². The summed E-state index contributed by atoms with van der Waals surface area (Å²) < 4.78 is 15.5. The lowest BCUT2D eigenvalue weighted by atomic mass is 10.3. The van der Waals surface area contributed by atoms with E-state index in [-0.39, 0.29) is 18.6 Å². The van der Waals surface area contributed by atoms with Crippen molar-refractivity contribution in [1.29, 1.82) is 0 Å². The Hall–Kier alpha value is -0.690. The highest BCUT2D eigenvalue weighted by atomic mass is 16.6. The van der Waals surface area contributed by atoms with Crippen LogP contribution in [0.2, 0.25) is 0 Å². The number of nitrogens with two attached hydrogens (primary N) is 1. The Morgan fingerprint density at radius 1 is 1.53 bits per heavy atom. The summed E-state index contributed by atoms with van der Waals surface area (Å²) in [4.78, 5) is 11.2. The van der Waals surface area contributed by atoms with E-state index in [1.54, 1.807) is 0 Å². The minimum absolute atomic E-state index is 0.0443. The Balaban J connectivity index is 2.00. The third-order valence-electron chi connectivity index (χ3n) is 1.91. The molecule has 1 rings (SSSR count). The Labute approximate surface area is 89.0 Å². The molecule has 0 aromatic carbocycles. The highest BCUT2D eigenvalue weighted by molar-refractivity contribution is 5.77. The lowest BCUT2D eigenvalue weighted by molar-refractivity contribution is -0.128. The zero-order chi connectivity index (χ0) is 10.9. The van der Waals surface area contributed by atoms with E-state index in [1.165, 1.54) is 0 Å². The van der Waals surface area contributed by atoms with Crippen molar-refractivity contribution >= 4 is 5.91 Å². The van der Waals surface area contributed by atoms with Crippen LogP contribution in [0, 0.1) is 0 Å². The van der Waals surface area contributed by atoms with E-state index in [4.69, 9.17) is 19.9 Å². The Morgan fingerprint density at radius 2 is 2.40 bits per heavy atom. The summed E-state index contributed by atoms with van der Waals surface area (Å²) in [6.45, 7) is 3.08. The van der Waals surface area contributed by atoms with Crippen LogP contribution in [-0.2, 0) is 19.0 Å². The van der Waals surface area contributed by atoms with Crippen molar-refractivity contribution in [2.24, 2.45) is 5.73 Å². The summed E-state index contributed by atoms with van der Waals surface area (Å²) >= 11 is 0. The number of amides is 1. The predicted octanol–water partition coefficient (Wildman–Crippen LogP) is -1.51. The molecule has 15 heavy (non-hydrogen) atoms. The zero-order valence-corrected chi connectivity index (χ0v) is 8.74. The smallest absolute Gasteiger partial charge is 0.246 e. The molecule has 1 fully saturated rings. The molecular formula is C9H18N2O4. The number of hydrogen-bond acceptors (Lipinski definition) is 5. The average molecular weight is 218 g/mol. The van der Waals surface area contributed by atoms with Gasteiger partial charge in [-0.05, 0) is 0 Å². The molecule has 1 aliphatic heterocycles. The number of carbonyl (C=O) groups is 1. The monoisotopic (exact) mass is 218 g/mol. The molecule has 6 heteroatoms. The second-order valence-corrected chi connectivity index (χ2v) is 3.21. The van der Waals surface area contributed by atoms with Crippen LogP contribution >= 0.6 is 0 Å². The molecule has 1 amide bonds. The molecular weight excluding hydrogens is 200 g/mol. The second-order valence-electron chi connectivity index (χ2n) is 3.21. The molecule has 0 saturated carbocycles. The lowest BCUT2D eigenvalue weighted by Crippen LogP contribution is -2.41. The summed E-state index contributed by atoms with van der Waals surface area (Å²) in [5, 5.41) is 2.70. The lowest BCUT2D eigenvalue weighted by Gasteiger charge is -2.22. The van der Waals surface area contributed by atoms with Gasteiger partial charge in [-0.3, -0.25) is 4.79 Å². The van der Waals surface area contributed by atoms with Crippen molar-refractivity contribution in [3.8, 4) is 0 Å². The van der Waals surface area contributed by atoms with E-state index in [9.17, 15) is 4.79 Å². The van der Waals surface area contributed by atoms with Gasteiger partial charge < -0.3 is 25.3 Å². The molecule has 1 atom stereocenters. The van der Waals surface area contributed by atoms with Gasteiger partial charge in [-0.25, -0.2) is 0 Å². The molecule has 0 spiro atoms. The van der Waals surface area contributed by atoms with Crippen LogP contribution in [0.15, 0.2) is 0 Å². The van der Waals surface area contributed by atoms with E-state index in [0.29, 0.717) is 39.5 Å². The van der Waals surface area contributed by atoms with Crippen LogP contribution in [0.25, 0.3) is 0 Å². The van der Waals surface area contributed by atoms with Crippen LogP contribution in [0.5, 0.6) is 0 Å². The van der Waals surface area contributed by atoms with Crippen LogP contribution in [0.3, 0.4) is 0 Å². The van der Waals surface area contributed by atoms with Gasteiger partial charge in [0, 0.05) is 13.1 Å².